The minimum atomic E-state index is -2.07. The minimum absolute atomic E-state index is 0.768. The first-order valence-corrected chi connectivity index (χ1v) is 3.55. The van der Waals surface area contributed by atoms with Crippen LogP contribution in [0.3, 0.4) is 0 Å². The topological polar surface area (TPSA) is 90.2 Å². The van der Waals surface area contributed by atoms with Crippen molar-refractivity contribution in [1.29, 1.82) is 0 Å². The smallest absolute Gasteiger partial charge is 0.219 e. The lowest BCUT2D eigenvalue weighted by Gasteiger charge is -2.22. The lowest BCUT2D eigenvalue weighted by Crippen LogP contribution is -2.46. The predicted molar refractivity (Wildman–Crippen MR) is 39.1 cm³/mol. The van der Waals surface area contributed by atoms with Crippen LogP contribution in [-0.4, -0.2) is 51.1 Å². The van der Waals surface area contributed by atoms with Crippen LogP contribution >= 0.6 is 0 Å². The van der Waals surface area contributed by atoms with Gasteiger partial charge in [0, 0.05) is 0 Å². The minimum Gasteiger partial charge on any atom is -0.391 e. The van der Waals surface area contributed by atoms with Crippen molar-refractivity contribution in [3.8, 4) is 0 Å². The number of hydrogen-bond acceptors (Lipinski definition) is 5. The van der Waals surface area contributed by atoms with E-state index in [2.05, 4.69) is 6.58 Å². The van der Waals surface area contributed by atoms with Crippen molar-refractivity contribution in [2.24, 2.45) is 0 Å². The standard InChI is InChI=1S/C7H12O5/c1-2-4-5(9)6(10)7(11,3-8)12-4/h2,4-6,8-11H,1,3H2/t4-,5+,6+,7?/m0/s1. The summed E-state index contributed by atoms with van der Waals surface area (Å²) in [6.45, 7) is 2.57. The molecule has 0 amide bonds. The van der Waals surface area contributed by atoms with Gasteiger partial charge in [0.1, 0.15) is 18.3 Å². The van der Waals surface area contributed by atoms with Crippen LogP contribution in [-0.2, 0) is 4.74 Å². The molecular weight excluding hydrogens is 164 g/mol. The Kier molecular flexibility index (Phi) is 2.50. The Bertz CT molecular complexity index is 183. The molecule has 1 saturated heterocycles. The van der Waals surface area contributed by atoms with Crippen molar-refractivity contribution in [1.82, 2.24) is 0 Å². The molecule has 4 N–H and O–H groups in total. The molecule has 1 rings (SSSR count). The van der Waals surface area contributed by atoms with Crippen LogP contribution in [0.4, 0.5) is 0 Å². The zero-order valence-corrected chi connectivity index (χ0v) is 6.42. The number of ether oxygens (including phenoxy) is 1. The second-order valence-electron chi connectivity index (χ2n) is 2.76. The quantitative estimate of drug-likeness (QED) is 0.364. The summed E-state index contributed by atoms with van der Waals surface area (Å²) in [6, 6.07) is 0. The largest absolute Gasteiger partial charge is 0.391 e. The van der Waals surface area contributed by atoms with Crippen molar-refractivity contribution in [2.75, 3.05) is 6.61 Å². The average Bonchev–Trinajstić information content (AvgIpc) is 2.31. The van der Waals surface area contributed by atoms with E-state index in [4.69, 9.17) is 9.84 Å². The molecule has 1 aliphatic rings. The molecule has 0 aromatic rings. The van der Waals surface area contributed by atoms with Gasteiger partial charge in [-0.3, -0.25) is 0 Å². The molecule has 0 spiro atoms. The molecule has 5 nitrogen and oxygen atoms in total. The van der Waals surface area contributed by atoms with Crippen molar-refractivity contribution in [2.45, 2.75) is 24.1 Å². The van der Waals surface area contributed by atoms with Crippen LogP contribution in [0.15, 0.2) is 12.7 Å². The highest BCUT2D eigenvalue weighted by molar-refractivity contribution is 5.01. The van der Waals surface area contributed by atoms with Gasteiger partial charge >= 0.3 is 0 Å². The van der Waals surface area contributed by atoms with Gasteiger partial charge in [-0.05, 0) is 0 Å². The van der Waals surface area contributed by atoms with E-state index < -0.39 is 30.7 Å². The van der Waals surface area contributed by atoms with E-state index in [1.807, 2.05) is 0 Å². The Morgan fingerprint density at radius 1 is 1.50 bits per heavy atom. The monoisotopic (exact) mass is 176 g/mol. The third-order valence-corrected chi connectivity index (χ3v) is 1.92. The maximum Gasteiger partial charge on any atom is 0.219 e. The molecule has 12 heavy (non-hydrogen) atoms. The summed E-state index contributed by atoms with van der Waals surface area (Å²) in [7, 11) is 0. The van der Waals surface area contributed by atoms with Crippen LogP contribution < -0.4 is 0 Å². The van der Waals surface area contributed by atoms with Crippen LogP contribution in [0.1, 0.15) is 0 Å². The van der Waals surface area contributed by atoms with E-state index >= 15 is 0 Å². The zero-order valence-electron chi connectivity index (χ0n) is 6.42. The molecule has 0 aliphatic carbocycles. The first kappa shape index (κ1) is 9.63. The lowest BCUT2D eigenvalue weighted by molar-refractivity contribution is -0.241. The summed E-state index contributed by atoms with van der Waals surface area (Å²) < 4.78 is 4.76. The molecule has 0 aromatic carbocycles. The fourth-order valence-corrected chi connectivity index (χ4v) is 1.14. The highest BCUT2D eigenvalue weighted by Crippen LogP contribution is 2.28. The van der Waals surface area contributed by atoms with Crippen LogP contribution in [0, 0.1) is 0 Å². The predicted octanol–water partition coefficient (Wildman–Crippen LogP) is -2.03. The second-order valence-corrected chi connectivity index (χ2v) is 2.76. The first-order chi connectivity index (χ1) is 5.55. The van der Waals surface area contributed by atoms with E-state index in [0.717, 1.165) is 0 Å². The molecule has 1 aliphatic heterocycles. The summed E-state index contributed by atoms with van der Waals surface area (Å²) in [4.78, 5) is 0. The Balaban J connectivity index is 2.79. The van der Waals surface area contributed by atoms with E-state index in [1.54, 1.807) is 0 Å². The SMILES string of the molecule is C=C[C@@H]1OC(O)(CO)[C@H](O)[C@@H]1O. The summed E-state index contributed by atoms with van der Waals surface area (Å²) in [5.74, 6) is -2.07. The second kappa shape index (κ2) is 3.12. The molecule has 0 saturated carbocycles. The van der Waals surface area contributed by atoms with Crippen molar-refractivity contribution in [3.05, 3.63) is 12.7 Å². The maximum atomic E-state index is 9.31. The third-order valence-electron chi connectivity index (χ3n) is 1.92. The van der Waals surface area contributed by atoms with E-state index in [9.17, 15) is 15.3 Å². The number of aliphatic hydroxyl groups excluding tert-OH is 3. The third kappa shape index (κ3) is 1.26. The molecule has 5 heteroatoms. The fraction of sp³-hybridized carbons (Fsp3) is 0.714. The molecule has 1 heterocycles. The summed E-state index contributed by atoms with van der Waals surface area (Å²) in [5, 5.41) is 36.3. The van der Waals surface area contributed by atoms with Gasteiger partial charge in [-0.25, -0.2) is 0 Å². The molecule has 0 radical (unpaired) electrons. The fourth-order valence-electron chi connectivity index (χ4n) is 1.14. The number of aliphatic hydroxyl groups is 4. The van der Waals surface area contributed by atoms with Gasteiger partial charge in [-0.1, -0.05) is 6.08 Å². The number of hydrogen-bond donors (Lipinski definition) is 4. The summed E-state index contributed by atoms with van der Waals surface area (Å²) in [5.41, 5.74) is 0. The zero-order chi connectivity index (χ0) is 9.35. The Morgan fingerprint density at radius 2 is 2.08 bits per heavy atom. The summed E-state index contributed by atoms with van der Waals surface area (Å²) >= 11 is 0. The molecular formula is C7H12O5. The van der Waals surface area contributed by atoms with Crippen molar-refractivity contribution in [3.63, 3.8) is 0 Å². The van der Waals surface area contributed by atoms with Crippen LogP contribution in [0.5, 0.6) is 0 Å². The van der Waals surface area contributed by atoms with Gasteiger partial charge in [-0.15, -0.1) is 6.58 Å². The van der Waals surface area contributed by atoms with Crippen LogP contribution in [0.2, 0.25) is 0 Å². The van der Waals surface area contributed by atoms with Gasteiger partial charge in [0.05, 0.1) is 6.61 Å². The molecule has 0 aromatic heterocycles. The maximum absolute atomic E-state index is 9.31. The van der Waals surface area contributed by atoms with E-state index in [0.29, 0.717) is 0 Å². The Morgan fingerprint density at radius 3 is 2.33 bits per heavy atom. The normalized spacial score (nSPS) is 47.8. The Hall–Kier alpha value is -0.460. The van der Waals surface area contributed by atoms with Crippen LogP contribution in [0.25, 0.3) is 0 Å². The van der Waals surface area contributed by atoms with E-state index in [-0.39, 0.29) is 0 Å². The van der Waals surface area contributed by atoms with Crippen molar-refractivity contribution < 1.29 is 25.2 Å². The molecule has 0 bridgehead atoms. The van der Waals surface area contributed by atoms with Gasteiger partial charge in [-0.2, -0.15) is 0 Å². The average molecular weight is 176 g/mol. The van der Waals surface area contributed by atoms with Crippen molar-refractivity contribution >= 4 is 0 Å². The first-order valence-electron chi connectivity index (χ1n) is 3.55. The highest BCUT2D eigenvalue weighted by atomic mass is 16.7. The Labute approximate surface area is 69.5 Å². The molecule has 1 unspecified atom stereocenters. The molecule has 4 atom stereocenters. The van der Waals surface area contributed by atoms with Gasteiger partial charge < -0.3 is 25.2 Å². The lowest BCUT2D eigenvalue weighted by atomic mass is 10.1. The molecule has 1 fully saturated rings. The summed E-state index contributed by atoms with van der Waals surface area (Å²) in [6.07, 6.45) is -2.36. The van der Waals surface area contributed by atoms with Gasteiger partial charge in [0.25, 0.3) is 0 Å². The molecule has 70 valence electrons. The van der Waals surface area contributed by atoms with Gasteiger partial charge in [0.2, 0.25) is 5.79 Å². The number of rotatable bonds is 2. The van der Waals surface area contributed by atoms with Gasteiger partial charge in [0.15, 0.2) is 0 Å². The highest BCUT2D eigenvalue weighted by Gasteiger charge is 2.51. The van der Waals surface area contributed by atoms with E-state index in [1.165, 1.54) is 6.08 Å².